The number of hydrogen-bond acceptors (Lipinski definition) is 3. The van der Waals surface area contributed by atoms with Gasteiger partial charge in [0.1, 0.15) is 0 Å². The van der Waals surface area contributed by atoms with Gasteiger partial charge in [-0.15, -0.1) is 0 Å². The number of hydrogen-bond donors (Lipinski definition) is 0. The summed E-state index contributed by atoms with van der Waals surface area (Å²) < 4.78 is 20.1. The molecule has 3 nitrogen and oxygen atoms in total. The molecule has 2 aromatic rings. The SMILES string of the molecule is COc1c(Br)cc(Br)cc1Oc1cc(Br)cc(Br)c1OC. The van der Waals surface area contributed by atoms with E-state index in [4.69, 9.17) is 14.2 Å². The molecule has 21 heavy (non-hydrogen) atoms. The summed E-state index contributed by atoms with van der Waals surface area (Å²) in [6.07, 6.45) is 0. The highest BCUT2D eigenvalue weighted by Gasteiger charge is 2.16. The molecule has 0 aliphatic heterocycles. The van der Waals surface area contributed by atoms with Gasteiger partial charge in [-0.2, -0.15) is 0 Å². The van der Waals surface area contributed by atoms with Crippen LogP contribution in [0.15, 0.2) is 42.2 Å². The highest BCUT2D eigenvalue weighted by molar-refractivity contribution is 9.11. The number of halogens is 4. The highest BCUT2D eigenvalue weighted by Crippen LogP contribution is 2.45. The van der Waals surface area contributed by atoms with Gasteiger partial charge in [0, 0.05) is 8.95 Å². The summed E-state index contributed by atoms with van der Waals surface area (Å²) in [5.41, 5.74) is 0. The normalized spacial score (nSPS) is 10.4. The van der Waals surface area contributed by atoms with Crippen LogP contribution in [0.3, 0.4) is 0 Å². The molecule has 0 unspecified atom stereocenters. The quantitative estimate of drug-likeness (QED) is 0.436. The molecule has 112 valence electrons. The molecule has 0 aromatic heterocycles. The Kier molecular flexibility index (Phi) is 5.99. The Bertz CT molecular complexity index is 616. The van der Waals surface area contributed by atoms with E-state index in [1.54, 1.807) is 14.2 Å². The van der Waals surface area contributed by atoms with E-state index in [1.165, 1.54) is 0 Å². The monoisotopic (exact) mass is 542 g/mol. The van der Waals surface area contributed by atoms with Crippen molar-refractivity contribution in [3.8, 4) is 23.0 Å². The smallest absolute Gasteiger partial charge is 0.175 e. The Morgan fingerprint density at radius 2 is 1.05 bits per heavy atom. The fraction of sp³-hybridized carbons (Fsp3) is 0.143. The van der Waals surface area contributed by atoms with E-state index in [0.717, 1.165) is 17.9 Å². The molecule has 0 spiro atoms. The second-order valence-electron chi connectivity index (χ2n) is 3.94. The van der Waals surface area contributed by atoms with Crippen molar-refractivity contribution >= 4 is 63.7 Å². The van der Waals surface area contributed by atoms with E-state index < -0.39 is 0 Å². The van der Waals surface area contributed by atoms with E-state index in [2.05, 4.69) is 63.7 Å². The number of methoxy groups -OCH3 is 2. The number of ether oxygens (including phenoxy) is 3. The van der Waals surface area contributed by atoms with Crippen LogP contribution in [0.1, 0.15) is 0 Å². The van der Waals surface area contributed by atoms with Crippen molar-refractivity contribution < 1.29 is 14.2 Å². The van der Waals surface area contributed by atoms with Crippen LogP contribution in [0.25, 0.3) is 0 Å². The molecule has 0 heterocycles. The van der Waals surface area contributed by atoms with E-state index >= 15 is 0 Å². The van der Waals surface area contributed by atoms with Crippen molar-refractivity contribution in [3.63, 3.8) is 0 Å². The van der Waals surface area contributed by atoms with Crippen molar-refractivity contribution in [3.05, 3.63) is 42.2 Å². The molecule has 0 aliphatic rings. The molecule has 0 aliphatic carbocycles. The number of benzene rings is 2. The molecular formula is C14H10Br4O3. The van der Waals surface area contributed by atoms with Crippen LogP contribution >= 0.6 is 63.7 Å². The molecule has 0 N–H and O–H groups in total. The highest BCUT2D eigenvalue weighted by atomic mass is 79.9. The minimum absolute atomic E-state index is 0.571. The molecular weight excluding hydrogens is 536 g/mol. The van der Waals surface area contributed by atoms with Gasteiger partial charge in [-0.25, -0.2) is 0 Å². The standard InChI is InChI=1S/C14H10Br4O3/c1-19-13-9(17)3-7(15)5-11(13)21-12-6-8(16)4-10(18)14(12)20-2/h3-6H,1-2H3. The molecule has 0 radical (unpaired) electrons. The topological polar surface area (TPSA) is 27.7 Å². The van der Waals surface area contributed by atoms with Crippen LogP contribution < -0.4 is 14.2 Å². The van der Waals surface area contributed by atoms with Gasteiger partial charge < -0.3 is 14.2 Å². The lowest BCUT2D eigenvalue weighted by Gasteiger charge is -2.15. The molecule has 7 heteroatoms. The molecule has 0 saturated carbocycles. The summed E-state index contributed by atoms with van der Waals surface area (Å²) >= 11 is 13.8. The van der Waals surface area contributed by atoms with Gasteiger partial charge in [-0.05, 0) is 56.1 Å². The Hall–Kier alpha value is -0.240. The zero-order chi connectivity index (χ0) is 15.6. The lowest BCUT2D eigenvalue weighted by molar-refractivity contribution is 0.353. The minimum Gasteiger partial charge on any atom is -0.492 e. The summed E-state index contributed by atoms with van der Waals surface area (Å²) in [7, 11) is 3.18. The van der Waals surface area contributed by atoms with Gasteiger partial charge in [0.15, 0.2) is 23.0 Å². The van der Waals surface area contributed by atoms with E-state index in [9.17, 15) is 0 Å². The zero-order valence-electron chi connectivity index (χ0n) is 11.0. The summed E-state index contributed by atoms with van der Waals surface area (Å²) in [6, 6.07) is 7.44. The Balaban J connectivity index is 2.52. The van der Waals surface area contributed by atoms with Crippen LogP contribution in [-0.2, 0) is 0 Å². The third-order valence-electron chi connectivity index (χ3n) is 2.58. The van der Waals surface area contributed by atoms with Crippen LogP contribution in [0.2, 0.25) is 0 Å². The maximum absolute atomic E-state index is 5.98. The molecule has 0 bridgehead atoms. The fourth-order valence-electron chi connectivity index (χ4n) is 1.74. The first-order valence-corrected chi connectivity index (χ1v) is 8.87. The van der Waals surface area contributed by atoms with Crippen molar-refractivity contribution in [2.75, 3.05) is 14.2 Å². The van der Waals surface area contributed by atoms with Gasteiger partial charge in [0.25, 0.3) is 0 Å². The van der Waals surface area contributed by atoms with E-state index in [0.29, 0.717) is 23.0 Å². The summed E-state index contributed by atoms with van der Waals surface area (Å²) in [6.45, 7) is 0. The Labute approximate surface area is 156 Å². The minimum atomic E-state index is 0.571. The van der Waals surface area contributed by atoms with Gasteiger partial charge in [0.2, 0.25) is 0 Å². The van der Waals surface area contributed by atoms with Crippen molar-refractivity contribution in [2.24, 2.45) is 0 Å². The van der Waals surface area contributed by atoms with Crippen LogP contribution in [-0.4, -0.2) is 14.2 Å². The maximum Gasteiger partial charge on any atom is 0.175 e. The second kappa shape index (κ2) is 7.35. The van der Waals surface area contributed by atoms with Crippen molar-refractivity contribution in [1.29, 1.82) is 0 Å². The predicted molar refractivity (Wildman–Crippen MR) is 96.9 cm³/mol. The van der Waals surface area contributed by atoms with Gasteiger partial charge >= 0.3 is 0 Å². The molecule has 0 fully saturated rings. The van der Waals surface area contributed by atoms with Crippen LogP contribution in [0, 0.1) is 0 Å². The Morgan fingerprint density at radius 1 is 0.667 bits per heavy atom. The van der Waals surface area contributed by atoms with Crippen molar-refractivity contribution in [2.45, 2.75) is 0 Å². The lowest BCUT2D eigenvalue weighted by atomic mass is 10.3. The third-order valence-corrected chi connectivity index (χ3v) is 4.67. The summed E-state index contributed by atoms with van der Waals surface area (Å²) in [4.78, 5) is 0. The zero-order valence-corrected chi connectivity index (χ0v) is 17.4. The largest absolute Gasteiger partial charge is 0.492 e. The van der Waals surface area contributed by atoms with Crippen LogP contribution in [0.4, 0.5) is 0 Å². The van der Waals surface area contributed by atoms with Gasteiger partial charge in [0.05, 0.1) is 23.2 Å². The molecule has 2 aromatic carbocycles. The maximum atomic E-state index is 5.98. The van der Waals surface area contributed by atoms with E-state index in [1.807, 2.05) is 24.3 Å². The first kappa shape index (κ1) is 17.1. The van der Waals surface area contributed by atoms with Gasteiger partial charge in [-0.1, -0.05) is 31.9 Å². The van der Waals surface area contributed by atoms with Crippen molar-refractivity contribution in [1.82, 2.24) is 0 Å². The first-order valence-electron chi connectivity index (χ1n) is 5.70. The Morgan fingerprint density at radius 3 is 1.38 bits per heavy atom. The summed E-state index contributed by atoms with van der Waals surface area (Å²) in [5.74, 6) is 2.36. The average molecular weight is 546 g/mol. The van der Waals surface area contributed by atoms with Gasteiger partial charge in [-0.3, -0.25) is 0 Å². The first-order chi connectivity index (χ1) is 9.96. The second-order valence-corrected chi connectivity index (χ2v) is 7.48. The molecule has 0 saturated heterocycles. The van der Waals surface area contributed by atoms with Crippen LogP contribution in [0.5, 0.6) is 23.0 Å². The third kappa shape index (κ3) is 3.94. The predicted octanol–water partition coefficient (Wildman–Crippen LogP) is 6.55. The lowest BCUT2D eigenvalue weighted by Crippen LogP contribution is -1.95. The average Bonchev–Trinajstić information content (AvgIpc) is 2.37. The van der Waals surface area contributed by atoms with E-state index in [-0.39, 0.29) is 0 Å². The fourth-order valence-corrected chi connectivity index (χ4v) is 4.44. The molecule has 0 amide bonds. The molecule has 0 atom stereocenters. The number of rotatable bonds is 4. The summed E-state index contributed by atoms with van der Waals surface area (Å²) in [5, 5.41) is 0. The molecule has 2 rings (SSSR count).